The number of carbonyl (C=O) groups excluding carboxylic acids is 2. The predicted octanol–water partition coefficient (Wildman–Crippen LogP) is 2.86. The van der Waals surface area contributed by atoms with E-state index in [0.29, 0.717) is 45.0 Å². The van der Waals surface area contributed by atoms with Gasteiger partial charge in [-0.25, -0.2) is 8.42 Å². The highest BCUT2D eigenvalue weighted by molar-refractivity contribution is 7.89. The number of hydrogen-bond donors (Lipinski definition) is 1. The van der Waals surface area contributed by atoms with Crippen LogP contribution in [0.15, 0.2) is 89.8 Å². The molecule has 1 heterocycles. The zero-order valence-corrected chi connectivity index (χ0v) is 23.4. The van der Waals surface area contributed by atoms with Crippen molar-refractivity contribution < 1.29 is 27.5 Å². The number of likely N-dealkylation sites (N-methyl/N-ethyl adjacent to an activating group) is 1. The number of morpholine rings is 1. The molecule has 10 heteroatoms. The van der Waals surface area contributed by atoms with Crippen molar-refractivity contribution in [3.63, 3.8) is 0 Å². The van der Waals surface area contributed by atoms with Gasteiger partial charge in [0.1, 0.15) is 11.8 Å². The second-order valence-corrected chi connectivity index (χ2v) is 11.3. The van der Waals surface area contributed by atoms with Crippen molar-refractivity contribution in [2.75, 3.05) is 39.5 Å². The third-order valence-electron chi connectivity index (χ3n) is 6.61. The minimum absolute atomic E-state index is 0.151. The quantitative estimate of drug-likeness (QED) is 0.362. The van der Waals surface area contributed by atoms with E-state index in [2.05, 4.69) is 5.32 Å². The fourth-order valence-corrected chi connectivity index (χ4v) is 5.91. The van der Waals surface area contributed by atoms with Crippen LogP contribution < -0.4 is 10.1 Å². The first-order valence-electron chi connectivity index (χ1n) is 13.3. The lowest BCUT2D eigenvalue weighted by molar-refractivity contribution is -0.142. The number of amides is 2. The molecule has 3 aromatic rings. The van der Waals surface area contributed by atoms with Crippen LogP contribution in [-0.4, -0.2) is 74.9 Å². The molecule has 1 N–H and O–H groups in total. The third kappa shape index (κ3) is 7.68. The lowest BCUT2D eigenvalue weighted by atomic mass is 10.0. The molecule has 0 radical (unpaired) electrons. The Morgan fingerprint density at radius 1 is 0.925 bits per heavy atom. The van der Waals surface area contributed by atoms with E-state index in [9.17, 15) is 18.0 Å². The van der Waals surface area contributed by atoms with Gasteiger partial charge in [-0.1, -0.05) is 60.7 Å². The number of nitrogens with zero attached hydrogens (tertiary/aromatic N) is 2. The Bertz CT molecular complexity index is 1350. The molecule has 1 atom stereocenters. The van der Waals surface area contributed by atoms with Crippen LogP contribution in [0, 0.1) is 0 Å². The number of benzene rings is 3. The van der Waals surface area contributed by atoms with Gasteiger partial charge in [-0.2, -0.15) is 4.31 Å². The Hall–Kier alpha value is -3.73. The molecule has 1 saturated heterocycles. The van der Waals surface area contributed by atoms with Gasteiger partial charge in [-0.3, -0.25) is 9.59 Å². The summed E-state index contributed by atoms with van der Waals surface area (Å²) in [6, 6.07) is 24.3. The molecule has 0 aromatic heterocycles. The van der Waals surface area contributed by atoms with Crippen LogP contribution in [0.3, 0.4) is 0 Å². The first-order chi connectivity index (χ1) is 19.4. The second kappa shape index (κ2) is 14.1. The van der Waals surface area contributed by atoms with Crippen LogP contribution in [0.4, 0.5) is 0 Å². The van der Waals surface area contributed by atoms with Gasteiger partial charge in [0.2, 0.25) is 15.9 Å². The van der Waals surface area contributed by atoms with Crippen molar-refractivity contribution in [1.29, 1.82) is 0 Å². The Labute approximate surface area is 235 Å². The maximum absolute atomic E-state index is 13.6. The first kappa shape index (κ1) is 29.3. The van der Waals surface area contributed by atoms with Gasteiger partial charge in [0.05, 0.1) is 18.1 Å². The molecule has 1 fully saturated rings. The molecule has 3 aromatic carbocycles. The van der Waals surface area contributed by atoms with E-state index < -0.39 is 16.1 Å². The summed E-state index contributed by atoms with van der Waals surface area (Å²) in [5, 5.41) is 2.87. The molecule has 0 aliphatic carbocycles. The molecule has 4 rings (SSSR count). The highest BCUT2D eigenvalue weighted by Gasteiger charge is 2.31. The molecule has 1 aliphatic rings. The Balaban J connectivity index is 1.51. The van der Waals surface area contributed by atoms with Crippen LogP contribution >= 0.6 is 0 Å². The van der Waals surface area contributed by atoms with Crippen molar-refractivity contribution in [3.05, 3.63) is 96.1 Å². The molecule has 1 aliphatic heterocycles. The fraction of sp³-hybridized carbons (Fsp3) is 0.333. The van der Waals surface area contributed by atoms with Crippen molar-refractivity contribution in [1.82, 2.24) is 14.5 Å². The number of hydrogen-bond acceptors (Lipinski definition) is 6. The number of carbonyl (C=O) groups is 2. The molecular formula is C30H35N3O6S. The van der Waals surface area contributed by atoms with Crippen molar-refractivity contribution in [2.24, 2.45) is 0 Å². The molecular weight excluding hydrogens is 530 g/mol. The zero-order chi connectivity index (χ0) is 28.4. The maximum atomic E-state index is 13.6. The smallest absolute Gasteiger partial charge is 0.261 e. The van der Waals surface area contributed by atoms with Crippen molar-refractivity contribution in [3.8, 4) is 5.75 Å². The lowest BCUT2D eigenvalue weighted by Crippen LogP contribution is -2.51. The highest BCUT2D eigenvalue weighted by atomic mass is 32.2. The van der Waals surface area contributed by atoms with Crippen LogP contribution in [0.5, 0.6) is 5.75 Å². The average molecular weight is 566 g/mol. The highest BCUT2D eigenvalue weighted by Crippen LogP contribution is 2.21. The minimum atomic E-state index is -3.64. The molecule has 212 valence electrons. The molecule has 0 saturated carbocycles. The van der Waals surface area contributed by atoms with E-state index in [1.807, 2.05) is 67.6 Å². The Morgan fingerprint density at radius 3 is 2.12 bits per heavy atom. The lowest BCUT2D eigenvalue weighted by Gasteiger charge is -2.31. The molecule has 2 amide bonds. The first-order valence-corrected chi connectivity index (χ1v) is 14.8. The van der Waals surface area contributed by atoms with E-state index in [-0.39, 0.29) is 29.9 Å². The fourth-order valence-electron chi connectivity index (χ4n) is 4.50. The summed E-state index contributed by atoms with van der Waals surface area (Å²) in [6.45, 7) is 3.54. The van der Waals surface area contributed by atoms with Gasteiger partial charge < -0.3 is 19.7 Å². The van der Waals surface area contributed by atoms with Crippen LogP contribution in [0.1, 0.15) is 18.1 Å². The Morgan fingerprint density at radius 2 is 1.52 bits per heavy atom. The zero-order valence-electron chi connectivity index (χ0n) is 22.6. The molecule has 1 unspecified atom stereocenters. The van der Waals surface area contributed by atoms with Crippen molar-refractivity contribution >= 4 is 21.8 Å². The molecule has 40 heavy (non-hydrogen) atoms. The molecule has 0 spiro atoms. The summed E-state index contributed by atoms with van der Waals surface area (Å²) in [7, 11) is -3.64. The monoisotopic (exact) mass is 565 g/mol. The number of rotatable bonds is 12. The van der Waals surface area contributed by atoms with Gasteiger partial charge in [-0.15, -0.1) is 0 Å². The molecule has 0 bridgehead atoms. The van der Waals surface area contributed by atoms with Gasteiger partial charge in [0.15, 0.2) is 6.61 Å². The standard InChI is InChI=1S/C30H35N3O6S/c1-2-31-30(35)28(21-24-9-5-3-6-10-24)33(22-25-11-7-4-8-12-25)29(34)23-39-26-13-15-27(16-14-26)40(36,37)32-17-19-38-20-18-32/h3-16,28H,2,17-23H2,1H3,(H,31,35). The summed E-state index contributed by atoms with van der Waals surface area (Å²) in [6.07, 6.45) is 0.347. The van der Waals surface area contributed by atoms with Crippen LogP contribution in [0.25, 0.3) is 0 Å². The van der Waals surface area contributed by atoms with E-state index >= 15 is 0 Å². The van der Waals surface area contributed by atoms with E-state index in [4.69, 9.17) is 9.47 Å². The minimum Gasteiger partial charge on any atom is -0.484 e. The predicted molar refractivity (Wildman–Crippen MR) is 151 cm³/mol. The topological polar surface area (TPSA) is 105 Å². The summed E-state index contributed by atoms with van der Waals surface area (Å²) in [4.78, 5) is 28.5. The van der Waals surface area contributed by atoms with Gasteiger partial charge >= 0.3 is 0 Å². The Kier molecular flexibility index (Phi) is 10.3. The van der Waals surface area contributed by atoms with Crippen molar-refractivity contribution in [2.45, 2.75) is 30.8 Å². The maximum Gasteiger partial charge on any atom is 0.261 e. The number of ether oxygens (including phenoxy) is 2. The average Bonchev–Trinajstić information content (AvgIpc) is 2.99. The number of sulfonamides is 1. The van der Waals surface area contributed by atoms with Crippen LogP contribution in [-0.2, 0) is 37.3 Å². The van der Waals surface area contributed by atoms with E-state index in [0.717, 1.165) is 11.1 Å². The largest absolute Gasteiger partial charge is 0.484 e. The summed E-state index contributed by atoms with van der Waals surface area (Å²) in [5.74, 6) is -0.249. The van der Waals surface area contributed by atoms with Gasteiger partial charge in [-0.05, 0) is 42.3 Å². The van der Waals surface area contributed by atoms with Crippen LogP contribution in [0.2, 0.25) is 0 Å². The molecule has 9 nitrogen and oxygen atoms in total. The van der Waals surface area contributed by atoms with Gasteiger partial charge in [0.25, 0.3) is 5.91 Å². The second-order valence-electron chi connectivity index (χ2n) is 9.38. The van der Waals surface area contributed by atoms with E-state index in [1.54, 1.807) is 4.90 Å². The summed E-state index contributed by atoms with van der Waals surface area (Å²) < 4.78 is 38.2. The van der Waals surface area contributed by atoms with Gasteiger partial charge in [0, 0.05) is 32.6 Å². The summed E-state index contributed by atoms with van der Waals surface area (Å²) >= 11 is 0. The normalized spacial score (nSPS) is 14.7. The summed E-state index contributed by atoms with van der Waals surface area (Å²) in [5.41, 5.74) is 1.82. The van der Waals surface area contributed by atoms with E-state index in [1.165, 1.54) is 28.6 Å². The SMILES string of the molecule is CCNC(=O)C(Cc1ccccc1)N(Cc1ccccc1)C(=O)COc1ccc(S(=O)(=O)N2CCOCC2)cc1. The third-order valence-corrected chi connectivity index (χ3v) is 8.52. The number of nitrogens with one attached hydrogen (secondary N) is 1.